The minimum atomic E-state index is -4.15. The Balaban J connectivity index is 1.86. The molecule has 0 amide bonds. The third-order valence-electron chi connectivity index (χ3n) is 7.61. The highest BCUT2D eigenvalue weighted by Crippen LogP contribution is 2.47. The zero-order valence-corrected chi connectivity index (χ0v) is 26.2. The van der Waals surface area contributed by atoms with Crippen molar-refractivity contribution in [3.05, 3.63) is 112 Å². The van der Waals surface area contributed by atoms with E-state index < -0.39 is 27.6 Å². The zero-order valence-electron chi connectivity index (χ0n) is 23.9. The Morgan fingerprint density at radius 1 is 1.05 bits per heavy atom. The first-order valence-corrected chi connectivity index (χ1v) is 15.9. The van der Waals surface area contributed by atoms with Crippen LogP contribution >= 0.6 is 23.2 Å². The first-order valence-electron chi connectivity index (χ1n) is 13.7. The molecule has 4 atom stereocenters. The number of aryl methyl sites for hydroxylation is 1. The van der Waals surface area contributed by atoms with Gasteiger partial charge in [0.15, 0.2) is 5.90 Å². The van der Waals surface area contributed by atoms with Crippen molar-refractivity contribution in [2.45, 2.75) is 63.5 Å². The number of halogens is 2. The summed E-state index contributed by atoms with van der Waals surface area (Å²) in [5, 5.41) is 1.08. The number of ether oxygens (including phenoxy) is 1. The van der Waals surface area contributed by atoms with Crippen LogP contribution in [0.2, 0.25) is 10.0 Å². The molecule has 0 N–H and O–H groups in total. The molecule has 0 saturated heterocycles. The topological polar surface area (TPSA) is 65.0 Å². The lowest BCUT2D eigenvalue weighted by molar-refractivity contribution is 0.150. The molecule has 41 heavy (non-hydrogen) atoms. The monoisotopic (exact) mass is 613 g/mol. The third kappa shape index (κ3) is 7.61. The second-order valence-electron chi connectivity index (χ2n) is 11.3. The summed E-state index contributed by atoms with van der Waals surface area (Å²) < 4.78 is 39.8. The molecule has 1 aliphatic rings. The molecule has 8 heteroatoms. The maximum absolute atomic E-state index is 13.7. The van der Waals surface area contributed by atoms with E-state index in [4.69, 9.17) is 37.1 Å². The predicted molar refractivity (Wildman–Crippen MR) is 167 cm³/mol. The van der Waals surface area contributed by atoms with E-state index >= 15 is 0 Å². The summed E-state index contributed by atoms with van der Waals surface area (Å²) in [6.07, 6.45) is 1.99. The van der Waals surface area contributed by atoms with Gasteiger partial charge in [-0.15, -0.1) is 6.58 Å². The van der Waals surface area contributed by atoms with Crippen LogP contribution in [0.3, 0.4) is 0 Å². The molecule has 5 nitrogen and oxygen atoms in total. The van der Waals surface area contributed by atoms with Crippen molar-refractivity contribution >= 4 is 39.2 Å². The lowest BCUT2D eigenvalue weighted by Crippen LogP contribution is -2.32. The zero-order chi connectivity index (χ0) is 29.8. The lowest BCUT2D eigenvalue weighted by atomic mass is 9.73. The molecule has 1 heterocycles. The molecule has 3 aromatic rings. The van der Waals surface area contributed by atoms with Gasteiger partial charge in [0.25, 0.3) is 10.1 Å². The number of aliphatic imine (C=N–C) groups is 1. The summed E-state index contributed by atoms with van der Waals surface area (Å²) in [5.41, 5.74) is 1.88. The Morgan fingerprint density at radius 2 is 1.73 bits per heavy atom. The van der Waals surface area contributed by atoms with E-state index in [0.717, 1.165) is 11.1 Å². The van der Waals surface area contributed by atoms with Crippen molar-refractivity contribution < 1.29 is 17.3 Å². The minimum absolute atomic E-state index is 0.0592. The van der Waals surface area contributed by atoms with Crippen LogP contribution in [-0.2, 0) is 19.0 Å². The molecule has 4 rings (SSSR count). The molecule has 218 valence electrons. The fourth-order valence-corrected chi connectivity index (χ4v) is 6.59. The van der Waals surface area contributed by atoms with Crippen LogP contribution < -0.4 is 0 Å². The highest BCUT2D eigenvalue weighted by molar-refractivity contribution is 7.86. The van der Waals surface area contributed by atoms with E-state index in [9.17, 15) is 8.42 Å². The summed E-state index contributed by atoms with van der Waals surface area (Å²) in [7, 11) is -4.15. The fraction of sp³-hybridized carbons (Fsp3) is 0.364. The quantitative estimate of drug-likeness (QED) is 0.151. The van der Waals surface area contributed by atoms with Crippen LogP contribution in [0.4, 0.5) is 0 Å². The van der Waals surface area contributed by atoms with Gasteiger partial charge in [0.1, 0.15) is 12.7 Å². The van der Waals surface area contributed by atoms with Gasteiger partial charge in [-0.2, -0.15) is 8.42 Å². The molecule has 3 aromatic carbocycles. The number of nitrogens with zero attached hydrogens (tertiary/aromatic N) is 1. The Morgan fingerprint density at radius 3 is 2.32 bits per heavy atom. The Hall–Kier alpha value is -2.64. The molecule has 0 bridgehead atoms. The van der Waals surface area contributed by atoms with Crippen LogP contribution in [-0.4, -0.2) is 27.0 Å². The second-order valence-corrected chi connectivity index (χ2v) is 13.8. The van der Waals surface area contributed by atoms with Gasteiger partial charge in [0.2, 0.25) is 0 Å². The van der Waals surface area contributed by atoms with Gasteiger partial charge in [0, 0.05) is 21.4 Å². The molecule has 0 fully saturated rings. The lowest BCUT2D eigenvalue weighted by Gasteiger charge is -2.36. The molecule has 0 saturated carbocycles. The second kappa shape index (κ2) is 13.1. The third-order valence-corrected chi connectivity index (χ3v) is 9.40. The van der Waals surface area contributed by atoms with Crippen molar-refractivity contribution in [1.29, 1.82) is 0 Å². The summed E-state index contributed by atoms with van der Waals surface area (Å²) in [4.78, 5) is 5.05. The van der Waals surface area contributed by atoms with Crippen molar-refractivity contribution in [2.75, 3.05) is 6.61 Å². The first-order chi connectivity index (χ1) is 19.4. The predicted octanol–water partition coefficient (Wildman–Crippen LogP) is 8.96. The standard InChI is InChI=1S/C33H37Cl2NO4S/c1-6-18-33(5,32-36-30(21-39-32)22(2)3)20-29(25-8-7-9-27(35)19-25)31(24-12-14-26(34)15-13-24)40-41(37,38)28-16-10-23(4)11-17-28/h6-17,19,22,29-31H,1,18,20-21H2,2-5H3/t29-,30-,31+,33+/m1/s1. The molecular formula is C33H37Cl2NO4S. The van der Waals surface area contributed by atoms with Gasteiger partial charge < -0.3 is 4.74 Å². The van der Waals surface area contributed by atoms with Gasteiger partial charge >= 0.3 is 0 Å². The molecule has 0 radical (unpaired) electrons. The van der Waals surface area contributed by atoms with Gasteiger partial charge in [-0.25, -0.2) is 4.99 Å². The van der Waals surface area contributed by atoms with Crippen LogP contribution in [0.5, 0.6) is 0 Å². The van der Waals surface area contributed by atoms with E-state index in [0.29, 0.717) is 46.9 Å². The van der Waals surface area contributed by atoms with Crippen molar-refractivity contribution in [3.63, 3.8) is 0 Å². The van der Waals surface area contributed by atoms with Crippen LogP contribution in [0.25, 0.3) is 0 Å². The summed E-state index contributed by atoms with van der Waals surface area (Å²) >= 11 is 12.7. The fourth-order valence-electron chi connectivity index (χ4n) is 5.16. The molecule has 0 spiro atoms. The number of rotatable bonds is 12. The van der Waals surface area contributed by atoms with Crippen molar-refractivity contribution in [3.8, 4) is 0 Å². The van der Waals surface area contributed by atoms with Gasteiger partial charge in [0.05, 0.1) is 10.9 Å². The van der Waals surface area contributed by atoms with E-state index in [2.05, 4.69) is 27.4 Å². The van der Waals surface area contributed by atoms with Gasteiger partial charge in [-0.1, -0.05) is 92.0 Å². The normalized spacial score (nSPS) is 18.3. The minimum Gasteiger partial charge on any atom is -0.478 e. The van der Waals surface area contributed by atoms with Crippen LogP contribution in [0.1, 0.15) is 62.3 Å². The Bertz CT molecular complexity index is 1490. The van der Waals surface area contributed by atoms with E-state index in [1.165, 1.54) is 0 Å². The number of hydrogen-bond donors (Lipinski definition) is 0. The number of allylic oxidation sites excluding steroid dienone is 1. The van der Waals surface area contributed by atoms with E-state index in [1.807, 2.05) is 31.2 Å². The maximum Gasteiger partial charge on any atom is 0.297 e. The number of benzene rings is 3. The molecule has 0 aromatic heterocycles. The highest BCUT2D eigenvalue weighted by atomic mass is 35.5. The largest absolute Gasteiger partial charge is 0.478 e. The summed E-state index contributed by atoms with van der Waals surface area (Å²) in [6.45, 7) is 12.8. The summed E-state index contributed by atoms with van der Waals surface area (Å²) in [6, 6.07) is 21.2. The Labute approximate surface area is 254 Å². The van der Waals surface area contributed by atoms with Crippen molar-refractivity contribution in [1.82, 2.24) is 0 Å². The highest BCUT2D eigenvalue weighted by Gasteiger charge is 2.42. The first kappa shape index (κ1) is 31.3. The molecule has 0 aliphatic carbocycles. The molecular weight excluding hydrogens is 577 g/mol. The summed E-state index contributed by atoms with van der Waals surface area (Å²) in [5.74, 6) is 0.526. The molecule has 0 unspecified atom stereocenters. The van der Waals surface area contributed by atoms with Crippen molar-refractivity contribution in [2.24, 2.45) is 16.3 Å². The SMILES string of the molecule is C=CC[C@@](C)(C[C@H](c1cccc(Cl)c1)[C@@H](OS(=O)(=O)c1ccc(C)cc1)c1ccc(Cl)cc1)C1=N[C@@H](C(C)C)CO1. The number of hydrogen-bond acceptors (Lipinski definition) is 5. The average molecular weight is 615 g/mol. The van der Waals surface area contributed by atoms with E-state index in [1.54, 1.807) is 54.6 Å². The van der Waals surface area contributed by atoms with E-state index in [-0.39, 0.29) is 10.9 Å². The average Bonchev–Trinajstić information content (AvgIpc) is 3.44. The Kier molecular flexibility index (Phi) is 10.0. The van der Waals surface area contributed by atoms with Crippen LogP contribution in [0.15, 0.2) is 95.3 Å². The molecule has 1 aliphatic heterocycles. The van der Waals surface area contributed by atoms with Gasteiger partial charge in [-0.3, -0.25) is 4.18 Å². The van der Waals surface area contributed by atoms with Gasteiger partial charge in [-0.05, 0) is 73.2 Å². The smallest absolute Gasteiger partial charge is 0.297 e. The van der Waals surface area contributed by atoms with Crippen LogP contribution in [0, 0.1) is 18.3 Å². The maximum atomic E-state index is 13.7.